The Labute approximate surface area is 150 Å². The van der Waals surface area contributed by atoms with Crippen molar-refractivity contribution in [1.29, 1.82) is 0 Å². The van der Waals surface area contributed by atoms with Gasteiger partial charge in [0.05, 0.1) is 0 Å². The number of allylic oxidation sites excluding steroid dienone is 1. The molecule has 2 aromatic rings. The number of anilines is 4. The Balaban J connectivity index is 1.62. The molecule has 24 heavy (non-hydrogen) atoms. The summed E-state index contributed by atoms with van der Waals surface area (Å²) < 4.78 is 0.920. The first-order valence-electron chi connectivity index (χ1n) is 8.13. The van der Waals surface area contributed by atoms with Crippen LogP contribution in [0.1, 0.15) is 32.1 Å². The molecule has 0 saturated carbocycles. The van der Waals surface area contributed by atoms with Crippen molar-refractivity contribution >= 4 is 39.1 Å². The lowest BCUT2D eigenvalue weighted by molar-refractivity contribution is 0.679. The van der Waals surface area contributed by atoms with Crippen LogP contribution in [-0.2, 0) is 0 Å². The molecule has 0 bridgehead atoms. The zero-order chi connectivity index (χ0) is 16.8. The van der Waals surface area contributed by atoms with Crippen LogP contribution in [-0.4, -0.2) is 21.5 Å². The minimum absolute atomic E-state index is 0.500. The van der Waals surface area contributed by atoms with Crippen LogP contribution in [0.15, 0.2) is 40.8 Å². The molecule has 0 aromatic carbocycles. The molecule has 0 aliphatic heterocycles. The van der Waals surface area contributed by atoms with Gasteiger partial charge >= 0.3 is 0 Å². The third-order valence-electron chi connectivity index (χ3n) is 3.98. The lowest BCUT2D eigenvalue weighted by Gasteiger charge is -2.15. The van der Waals surface area contributed by atoms with Crippen LogP contribution in [0, 0.1) is 0 Å². The van der Waals surface area contributed by atoms with E-state index in [4.69, 9.17) is 5.73 Å². The van der Waals surface area contributed by atoms with Gasteiger partial charge in [0, 0.05) is 17.2 Å². The minimum Gasteiger partial charge on any atom is -0.393 e. The minimum atomic E-state index is 0.500. The molecule has 2 aromatic heterocycles. The SMILES string of the molecule is Nc1c(NCCC2=CCCCC2)ncnc1Nc1ccc(Br)cn1. The molecule has 126 valence electrons. The van der Waals surface area contributed by atoms with Gasteiger partial charge in [-0.15, -0.1) is 0 Å². The zero-order valence-electron chi connectivity index (χ0n) is 13.4. The molecule has 3 rings (SSSR count). The fraction of sp³-hybridized carbons (Fsp3) is 0.353. The van der Waals surface area contributed by atoms with Crippen molar-refractivity contribution in [2.24, 2.45) is 0 Å². The number of nitrogens with two attached hydrogens (primary N) is 1. The van der Waals surface area contributed by atoms with E-state index >= 15 is 0 Å². The molecule has 0 unspecified atom stereocenters. The maximum atomic E-state index is 6.18. The third kappa shape index (κ3) is 4.44. The molecule has 0 fully saturated rings. The lowest BCUT2D eigenvalue weighted by atomic mass is 9.97. The van der Waals surface area contributed by atoms with Crippen molar-refractivity contribution in [3.63, 3.8) is 0 Å². The van der Waals surface area contributed by atoms with Gasteiger partial charge in [0.25, 0.3) is 0 Å². The summed E-state index contributed by atoms with van der Waals surface area (Å²) in [6, 6.07) is 3.76. The molecule has 1 aliphatic carbocycles. The summed E-state index contributed by atoms with van der Waals surface area (Å²) in [4.78, 5) is 12.7. The Hall–Kier alpha value is -2.15. The Morgan fingerprint density at radius 3 is 2.75 bits per heavy atom. The van der Waals surface area contributed by atoms with Crippen molar-refractivity contribution < 1.29 is 0 Å². The molecule has 1 aliphatic rings. The molecule has 7 heteroatoms. The third-order valence-corrected chi connectivity index (χ3v) is 4.45. The fourth-order valence-electron chi connectivity index (χ4n) is 2.68. The van der Waals surface area contributed by atoms with E-state index in [0.717, 1.165) is 17.4 Å². The quantitative estimate of drug-likeness (QED) is 0.640. The van der Waals surface area contributed by atoms with Crippen LogP contribution in [0.4, 0.5) is 23.1 Å². The van der Waals surface area contributed by atoms with Crippen molar-refractivity contribution in [3.8, 4) is 0 Å². The highest BCUT2D eigenvalue weighted by molar-refractivity contribution is 9.10. The van der Waals surface area contributed by atoms with Crippen LogP contribution in [0.2, 0.25) is 0 Å². The lowest BCUT2D eigenvalue weighted by Crippen LogP contribution is -2.10. The summed E-state index contributed by atoms with van der Waals surface area (Å²) in [5, 5.41) is 6.43. The highest BCUT2D eigenvalue weighted by atomic mass is 79.9. The molecule has 0 atom stereocenters. The topological polar surface area (TPSA) is 88.8 Å². The van der Waals surface area contributed by atoms with Gasteiger partial charge in [-0.2, -0.15) is 0 Å². The van der Waals surface area contributed by atoms with E-state index in [1.165, 1.54) is 37.6 Å². The van der Waals surface area contributed by atoms with E-state index in [1.807, 2.05) is 12.1 Å². The van der Waals surface area contributed by atoms with E-state index in [-0.39, 0.29) is 0 Å². The first-order chi connectivity index (χ1) is 11.7. The second-order valence-corrected chi connectivity index (χ2v) is 6.67. The number of halogens is 1. The van der Waals surface area contributed by atoms with E-state index in [0.29, 0.717) is 23.1 Å². The Bertz CT molecular complexity index is 714. The Morgan fingerprint density at radius 1 is 1.12 bits per heavy atom. The van der Waals surface area contributed by atoms with E-state index in [9.17, 15) is 0 Å². The van der Waals surface area contributed by atoms with E-state index in [1.54, 1.807) is 6.20 Å². The van der Waals surface area contributed by atoms with Crippen LogP contribution < -0.4 is 16.4 Å². The number of pyridine rings is 1. The van der Waals surface area contributed by atoms with Crippen molar-refractivity contribution in [2.45, 2.75) is 32.1 Å². The largest absolute Gasteiger partial charge is 0.393 e. The molecule has 6 nitrogen and oxygen atoms in total. The van der Waals surface area contributed by atoms with Crippen molar-refractivity contribution in [2.75, 3.05) is 22.9 Å². The standard InChI is InChI=1S/C17H21BrN6/c18-13-6-7-14(21-10-13)24-17-15(19)16(22-11-23-17)20-9-8-12-4-2-1-3-5-12/h4,6-7,10-11H,1-3,5,8-9,19H2,(H2,20,21,22,23,24). The van der Waals surface area contributed by atoms with Crippen LogP contribution >= 0.6 is 15.9 Å². The second-order valence-electron chi connectivity index (χ2n) is 5.76. The normalized spacial score (nSPS) is 14.1. The summed E-state index contributed by atoms with van der Waals surface area (Å²) in [5.74, 6) is 1.89. The molecular weight excluding hydrogens is 368 g/mol. The summed E-state index contributed by atoms with van der Waals surface area (Å²) in [6.45, 7) is 0.822. The zero-order valence-corrected chi connectivity index (χ0v) is 15.0. The summed E-state index contributed by atoms with van der Waals surface area (Å²) in [5.41, 5.74) is 8.21. The predicted octanol–water partition coefficient (Wildman–Crippen LogP) is 4.26. The highest BCUT2D eigenvalue weighted by Crippen LogP contribution is 2.26. The number of hydrogen-bond acceptors (Lipinski definition) is 6. The van der Waals surface area contributed by atoms with E-state index in [2.05, 4.69) is 47.6 Å². The predicted molar refractivity (Wildman–Crippen MR) is 101 cm³/mol. The maximum Gasteiger partial charge on any atom is 0.160 e. The van der Waals surface area contributed by atoms with Gasteiger partial charge in [-0.25, -0.2) is 15.0 Å². The van der Waals surface area contributed by atoms with Gasteiger partial charge in [0.2, 0.25) is 0 Å². The van der Waals surface area contributed by atoms with Gasteiger partial charge in [-0.05, 0) is 60.2 Å². The van der Waals surface area contributed by atoms with Crippen molar-refractivity contribution in [1.82, 2.24) is 15.0 Å². The van der Waals surface area contributed by atoms with Gasteiger partial charge < -0.3 is 16.4 Å². The Kier molecular flexibility index (Phi) is 5.63. The first-order valence-corrected chi connectivity index (χ1v) is 8.92. The Morgan fingerprint density at radius 2 is 2.00 bits per heavy atom. The monoisotopic (exact) mass is 388 g/mol. The molecule has 0 saturated heterocycles. The molecule has 0 spiro atoms. The smallest absolute Gasteiger partial charge is 0.160 e. The number of nitrogen functional groups attached to an aromatic ring is 1. The average molecular weight is 389 g/mol. The molecule has 0 amide bonds. The summed E-state index contributed by atoms with van der Waals surface area (Å²) >= 11 is 3.36. The number of hydrogen-bond donors (Lipinski definition) is 3. The molecule has 0 radical (unpaired) electrons. The van der Waals surface area contributed by atoms with Crippen LogP contribution in [0.5, 0.6) is 0 Å². The molecule has 4 N–H and O–H groups in total. The highest BCUT2D eigenvalue weighted by Gasteiger charge is 2.09. The van der Waals surface area contributed by atoms with Gasteiger partial charge in [0.15, 0.2) is 11.6 Å². The molecule has 2 heterocycles. The summed E-state index contributed by atoms with van der Waals surface area (Å²) in [6.07, 6.45) is 11.6. The number of nitrogens with one attached hydrogen (secondary N) is 2. The fourth-order valence-corrected chi connectivity index (χ4v) is 2.91. The molecular formula is C17H21BrN6. The second kappa shape index (κ2) is 8.10. The van der Waals surface area contributed by atoms with Crippen molar-refractivity contribution in [3.05, 3.63) is 40.8 Å². The number of rotatable bonds is 6. The van der Waals surface area contributed by atoms with Gasteiger partial charge in [-0.3, -0.25) is 0 Å². The van der Waals surface area contributed by atoms with Gasteiger partial charge in [-0.1, -0.05) is 11.6 Å². The average Bonchev–Trinajstić information content (AvgIpc) is 2.61. The summed E-state index contributed by atoms with van der Waals surface area (Å²) in [7, 11) is 0. The number of aromatic nitrogens is 3. The first kappa shape index (κ1) is 16.7. The number of nitrogens with zero attached hydrogens (tertiary/aromatic N) is 3. The van der Waals surface area contributed by atoms with Crippen LogP contribution in [0.3, 0.4) is 0 Å². The van der Waals surface area contributed by atoms with E-state index < -0.39 is 0 Å². The maximum absolute atomic E-state index is 6.18. The van der Waals surface area contributed by atoms with Crippen LogP contribution in [0.25, 0.3) is 0 Å². The van der Waals surface area contributed by atoms with Gasteiger partial charge in [0.1, 0.15) is 17.8 Å².